The molecule has 2 rings (SSSR count). The molecule has 2 heterocycles. The van der Waals surface area contributed by atoms with Crippen molar-refractivity contribution in [3.8, 4) is 0 Å². The minimum absolute atomic E-state index is 0.0221. The molecule has 19 heavy (non-hydrogen) atoms. The van der Waals surface area contributed by atoms with Crippen molar-refractivity contribution in [1.82, 2.24) is 15.2 Å². The van der Waals surface area contributed by atoms with E-state index < -0.39 is 0 Å². The highest BCUT2D eigenvalue weighted by Gasteiger charge is 2.17. The third-order valence-corrected chi connectivity index (χ3v) is 3.59. The van der Waals surface area contributed by atoms with Gasteiger partial charge < -0.3 is 15.2 Å². The molecule has 1 aliphatic rings. The van der Waals surface area contributed by atoms with Gasteiger partial charge >= 0.3 is 0 Å². The lowest BCUT2D eigenvalue weighted by molar-refractivity contribution is 0.0936. The molecule has 104 valence electrons. The fraction of sp³-hybridized carbons (Fsp3) is 0.571. The largest absolute Gasteiger partial charge is 0.350 e. The Kier molecular flexibility index (Phi) is 4.37. The first-order valence-electron chi connectivity index (χ1n) is 6.74. The van der Waals surface area contributed by atoms with Gasteiger partial charge in [-0.05, 0) is 44.8 Å². The van der Waals surface area contributed by atoms with Crippen molar-refractivity contribution >= 4 is 11.7 Å². The molecular weight excluding hydrogens is 242 g/mol. The molecule has 2 N–H and O–H groups in total. The van der Waals surface area contributed by atoms with Crippen molar-refractivity contribution in [3.63, 3.8) is 0 Å². The predicted octanol–water partition coefficient (Wildman–Crippen LogP) is 0.957. The number of ketones is 1. The lowest BCUT2D eigenvalue weighted by atomic mass is 10.00. The summed E-state index contributed by atoms with van der Waals surface area (Å²) >= 11 is 0. The maximum absolute atomic E-state index is 12.1. The molecule has 5 nitrogen and oxygen atoms in total. The molecule has 1 aliphatic heterocycles. The summed E-state index contributed by atoms with van der Waals surface area (Å²) in [5.74, 6) is 0.372. The van der Waals surface area contributed by atoms with E-state index in [2.05, 4.69) is 10.6 Å². The Hall–Kier alpha value is -1.62. The van der Waals surface area contributed by atoms with Crippen LogP contribution < -0.4 is 10.6 Å². The smallest absolute Gasteiger partial charge is 0.267 e. The van der Waals surface area contributed by atoms with E-state index in [-0.39, 0.29) is 11.7 Å². The van der Waals surface area contributed by atoms with Crippen LogP contribution in [0.4, 0.5) is 0 Å². The number of hydrogen-bond acceptors (Lipinski definition) is 3. The molecule has 0 saturated carbocycles. The molecule has 0 aliphatic carbocycles. The van der Waals surface area contributed by atoms with Crippen molar-refractivity contribution in [1.29, 1.82) is 0 Å². The van der Waals surface area contributed by atoms with Crippen molar-refractivity contribution in [2.45, 2.75) is 19.8 Å². The zero-order chi connectivity index (χ0) is 13.8. The number of nitrogens with one attached hydrogen (secondary N) is 2. The first kappa shape index (κ1) is 13.8. The van der Waals surface area contributed by atoms with E-state index in [0.717, 1.165) is 19.5 Å². The van der Waals surface area contributed by atoms with Gasteiger partial charge in [0.1, 0.15) is 5.69 Å². The Morgan fingerprint density at radius 1 is 1.53 bits per heavy atom. The van der Waals surface area contributed by atoms with Crippen LogP contribution in [0, 0.1) is 5.92 Å². The zero-order valence-corrected chi connectivity index (χ0v) is 11.5. The SMILES string of the molecule is CC(=O)c1cc(C(=O)NCC2CCCNC2)n(C)c1. The first-order chi connectivity index (χ1) is 9.08. The number of amides is 1. The monoisotopic (exact) mass is 263 g/mol. The Labute approximate surface area is 113 Å². The van der Waals surface area contributed by atoms with E-state index in [1.807, 2.05) is 0 Å². The zero-order valence-electron chi connectivity index (χ0n) is 11.5. The highest BCUT2D eigenvalue weighted by Crippen LogP contribution is 2.10. The lowest BCUT2D eigenvalue weighted by Gasteiger charge is -2.22. The molecule has 1 aromatic rings. The van der Waals surface area contributed by atoms with E-state index in [4.69, 9.17) is 0 Å². The highest BCUT2D eigenvalue weighted by molar-refractivity contribution is 5.99. The molecular formula is C14H21N3O2. The number of piperidine rings is 1. The van der Waals surface area contributed by atoms with E-state index in [1.165, 1.54) is 13.3 Å². The van der Waals surface area contributed by atoms with Crippen molar-refractivity contribution in [2.24, 2.45) is 13.0 Å². The number of nitrogens with zero attached hydrogens (tertiary/aromatic N) is 1. The quantitative estimate of drug-likeness (QED) is 0.795. The fourth-order valence-electron chi connectivity index (χ4n) is 2.41. The molecule has 0 spiro atoms. The van der Waals surface area contributed by atoms with Gasteiger partial charge in [0, 0.05) is 25.4 Å². The van der Waals surface area contributed by atoms with Crippen LogP contribution in [-0.4, -0.2) is 35.9 Å². The minimum atomic E-state index is -0.111. The molecule has 0 aromatic carbocycles. The van der Waals surface area contributed by atoms with Crippen LogP contribution in [0.3, 0.4) is 0 Å². The Bertz CT molecular complexity index is 473. The summed E-state index contributed by atoms with van der Waals surface area (Å²) < 4.78 is 1.70. The summed E-state index contributed by atoms with van der Waals surface area (Å²) in [6.45, 7) is 4.23. The second-order valence-corrected chi connectivity index (χ2v) is 5.20. The van der Waals surface area contributed by atoms with E-state index in [9.17, 15) is 9.59 Å². The second kappa shape index (κ2) is 6.02. The number of aryl methyl sites for hydroxylation is 1. The van der Waals surface area contributed by atoms with Gasteiger partial charge in [-0.1, -0.05) is 0 Å². The number of hydrogen-bond donors (Lipinski definition) is 2. The van der Waals surface area contributed by atoms with Crippen molar-refractivity contribution < 1.29 is 9.59 Å². The average Bonchev–Trinajstić information content (AvgIpc) is 2.80. The number of Topliss-reactive ketones (excluding diaryl/α,β-unsaturated/α-hetero) is 1. The highest BCUT2D eigenvalue weighted by atomic mass is 16.2. The van der Waals surface area contributed by atoms with Crippen molar-refractivity contribution in [2.75, 3.05) is 19.6 Å². The maximum Gasteiger partial charge on any atom is 0.267 e. The van der Waals surface area contributed by atoms with Gasteiger partial charge in [0.05, 0.1) is 0 Å². The third kappa shape index (κ3) is 3.44. The van der Waals surface area contributed by atoms with Gasteiger partial charge in [-0.2, -0.15) is 0 Å². The lowest BCUT2D eigenvalue weighted by Crippen LogP contribution is -2.38. The van der Waals surface area contributed by atoms with E-state index in [1.54, 1.807) is 23.9 Å². The van der Waals surface area contributed by atoms with Gasteiger partial charge in [0.2, 0.25) is 0 Å². The third-order valence-electron chi connectivity index (χ3n) is 3.59. The Morgan fingerprint density at radius 2 is 2.32 bits per heavy atom. The molecule has 1 atom stereocenters. The number of carbonyl (C=O) groups excluding carboxylic acids is 2. The first-order valence-corrected chi connectivity index (χ1v) is 6.74. The molecule has 1 amide bonds. The van der Waals surface area contributed by atoms with Crippen LogP contribution in [0.5, 0.6) is 0 Å². The summed E-state index contributed by atoms with van der Waals surface area (Å²) in [5, 5.41) is 6.28. The molecule has 1 unspecified atom stereocenters. The molecule has 1 aromatic heterocycles. The number of carbonyl (C=O) groups is 2. The van der Waals surface area contributed by atoms with Crippen LogP contribution in [0.1, 0.15) is 40.6 Å². The average molecular weight is 263 g/mol. The summed E-state index contributed by atoms with van der Waals surface area (Å²) in [7, 11) is 1.78. The molecule has 0 radical (unpaired) electrons. The molecule has 1 saturated heterocycles. The van der Waals surface area contributed by atoms with Crippen LogP contribution in [0.25, 0.3) is 0 Å². The summed E-state index contributed by atoms with van der Waals surface area (Å²) in [6, 6.07) is 1.65. The summed E-state index contributed by atoms with van der Waals surface area (Å²) in [6.07, 6.45) is 4.01. The van der Waals surface area contributed by atoms with Gasteiger partial charge in [-0.15, -0.1) is 0 Å². The number of aromatic nitrogens is 1. The van der Waals surface area contributed by atoms with Gasteiger partial charge in [0.25, 0.3) is 5.91 Å². The normalized spacial score (nSPS) is 19.2. The molecule has 5 heteroatoms. The van der Waals surface area contributed by atoms with Gasteiger partial charge in [0.15, 0.2) is 5.78 Å². The second-order valence-electron chi connectivity index (χ2n) is 5.20. The standard InChI is InChI=1S/C14H21N3O2/c1-10(18)12-6-13(17(2)9-12)14(19)16-8-11-4-3-5-15-7-11/h6,9,11,15H,3-5,7-8H2,1-2H3,(H,16,19). The molecule has 1 fully saturated rings. The topological polar surface area (TPSA) is 63.1 Å². The van der Waals surface area contributed by atoms with Crippen LogP contribution in [0.15, 0.2) is 12.3 Å². The van der Waals surface area contributed by atoms with Gasteiger partial charge in [-0.3, -0.25) is 9.59 Å². The predicted molar refractivity (Wildman–Crippen MR) is 73.3 cm³/mol. The maximum atomic E-state index is 12.1. The molecule has 0 bridgehead atoms. The minimum Gasteiger partial charge on any atom is -0.350 e. The summed E-state index contributed by atoms with van der Waals surface area (Å²) in [4.78, 5) is 23.4. The number of rotatable bonds is 4. The van der Waals surface area contributed by atoms with Crippen molar-refractivity contribution in [3.05, 3.63) is 23.5 Å². The van der Waals surface area contributed by atoms with Crippen LogP contribution in [0.2, 0.25) is 0 Å². The Morgan fingerprint density at radius 3 is 2.89 bits per heavy atom. The van der Waals surface area contributed by atoms with Crippen LogP contribution in [-0.2, 0) is 7.05 Å². The van der Waals surface area contributed by atoms with Gasteiger partial charge in [-0.25, -0.2) is 0 Å². The fourth-order valence-corrected chi connectivity index (χ4v) is 2.41. The van der Waals surface area contributed by atoms with E-state index in [0.29, 0.717) is 23.7 Å². The Balaban J connectivity index is 1.93. The van der Waals surface area contributed by atoms with E-state index >= 15 is 0 Å². The summed E-state index contributed by atoms with van der Waals surface area (Å²) in [5.41, 5.74) is 1.11. The van der Waals surface area contributed by atoms with Crippen LogP contribution >= 0.6 is 0 Å².